The maximum atomic E-state index is 4.42. The smallest absolute Gasteiger partial charge is 0.131 e. The molecule has 6 heteroatoms. The first-order valence-corrected chi connectivity index (χ1v) is 7.60. The molecule has 1 aromatic heterocycles. The second-order valence-electron chi connectivity index (χ2n) is 5.85. The zero-order chi connectivity index (χ0) is 15.7. The Labute approximate surface area is 129 Å². The highest BCUT2D eigenvalue weighted by Gasteiger charge is 2.01. The molecule has 120 valence electrons. The number of hydrogen-bond acceptors (Lipinski definition) is 6. The van der Waals surface area contributed by atoms with Crippen LogP contribution in [0.4, 0.5) is 11.6 Å². The van der Waals surface area contributed by atoms with E-state index in [0.717, 1.165) is 56.5 Å². The normalized spacial score (nSPS) is 11.2. The van der Waals surface area contributed by atoms with E-state index >= 15 is 0 Å². The van der Waals surface area contributed by atoms with Gasteiger partial charge in [0.2, 0.25) is 0 Å². The van der Waals surface area contributed by atoms with Crippen molar-refractivity contribution in [3.63, 3.8) is 0 Å². The predicted octanol–water partition coefficient (Wildman–Crippen LogP) is 1.51. The van der Waals surface area contributed by atoms with Crippen LogP contribution in [0.5, 0.6) is 0 Å². The summed E-state index contributed by atoms with van der Waals surface area (Å²) in [4.78, 5) is 13.2. The first-order chi connectivity index (χ1) is 9.97. The van der Waals surface area contributed by atoms with Gasteiger partial charge in [-0.05, 0) is 61.0 Å². The fourth-order valence-electron chi connectivity index (χ4n) is 1.97. The molecule has 0 bridgehead atoms. The van der Waals surface area contributed by atoms with Crippen LogP contribution in [-0.2, 0) is 0 Å². The van der Waals surface area contributed by atoms with E-state index in [9.17, 15) is 0 Å². The van der Waals surface area contributed by atoms with E-state index in [-0.39, 0.29) is 0 Å². The molecule has 0 amide bonds. The van der Waals surface area contributed by atoms with E-state index < -0.39 is 0 Å². The molecule has 0 saturated carbocycles. The van der Waals surface area contributed by atoms with Gasteiger partial charge in [-0.3, -0.25) is 0 Å². The van der Waals surface area contributed by atoms with Crippen LogP contribution in [0.15, 0.2) is 6.07 Å². The van der Waals surface area contributed by atoms with Gasteiger partial charge in [0.15, 0.2) is 0 Å². The van der Waals surface area contributed by atoms with E-state index in [2.05, 4.69) is 58.6 Å². The van der Waals surface area contributed by atoms with Crippen LogP contribution < -0.4 is 10.6 Å². The lowest BCUT2D eigenvalue weighted by Crippen LogP contribution is -2.17. The molecule has 0 aliphatic carbocycles. The molecule has 6 nitrogen and oxygen atoms in total. The van der Waals surface area contributed by atoms with E-state index in [1.165, 1.54) is 0 Å². The van der Waals surface area contributed by atoms with Gasteiger partial charge >= 0.3 is 0 Å². The lowest BCUT2D eigenvalue weighted by atomic mass is 10.3. The SMILES string of the molecule is Cc1nc(NCCCN(C)C)cc(NCCCN(C)C)n1. The third-order valence-corrected chi connectivity index (χ3v) is 3.01. The maximum Gasteiger partial charge on any atom is 0.131 e. The molecular weight excluding hydrogens is 264 g/mol. The Balaban J connectivity index is 2.39. The van der Waals surface area contributed by atoms with Crippen molar-refractivity contribution >= 4 is 11.6 Å². The van der Waals surface area contributed by atoms with Gasteiger partial charge in [-0.25, -0.2) is 9.97 Å². The van der Waals surface area contributed by atoms with E-state index in [4.69, 9.17) is 0 Å². The number of aromatic nitrogens is 2. The van der Waals surface area contributed by atoms with Gasteiger partial charge in [0, 0.05) is 19.2 Å². The van der Waals surface area contributed by atoms with Gasteiger partial charge in [-0.1, -0.05) is 0 Å². The maximum absolute atomic E-state index is 4.42. The fraction of sp³-hybridized carbons (Fsp3) is 0.733. The molecule has 1 aromatic rings. The molecule has 0 spiro atoms. The Kier molecular flexibility index (Phi) is 8.00. The lowest BCUT2D eigenvalue weighted by molar-refractivity contribution is 0.405. The highest BCUT2D eigenvalue weighted by atomic mass is 15.1. The van der Waals surface area contributed by atoms with Gasteiger partial charge < -0.3 is 20.4 Å². The summed E-state index contributed by atoms with van der Waals surface area (Å²) in [5.41, 5.74) is 0. The molecule has 1 rings (SSSR count). The second kappa shape index (κ2) is 9.52. The van der Waals surface area contributed by atoms with Crippen LogP contribution in [0.2, 0.25) is 0 Å². The molecule has 0 aromatic carbocycles. The van der Waals surface area contributed by atoms with Gasteiger partial charge in [0.05, 0.1) is 0 Å². The summed E-state index contributed by atoms with van der Waals surface area (Å²) in [7, 11) is 8.35. The van der Waals surface area contributed by atoms with Crippen LogP contribution >= 0.6 is 0 Å². The van der Waals surface area contributed by atoms with E-state index in [1.54, 1.807) is 0 Å². The van der Waals surface area contributed by atoms with Gasteiger partial charge in [0.1, 0.15) is 17.5 Å². The first-order valence-electron chi connectivity index (χ1n) is 7.60. The monoisotopic (exact) mass is 294 g/mol. The summed E-state index contributed by atoms with van der Waals surface area (Å²) in [5, 5.41) is 6.73. The van der Waals surface area contributed by atoms with Gasteiger partial charge in [-0.15, -0.1) is 0 Å². The molecule has 21 heavy (non-hydrogen) atoms. The van der Waals surface area contributed by atoms with Crippen molar-refractivity contribution in [2.75, 3.05) is 65.0 Å². The van der Waals surface area contributed by atoms with Crippen molar-refractivity contribution in [2.24, 2.45) is 0 Å². The molecule has 0 fully saturated rings. The third kappa shape index (κ3) is 8.47. The second-order valence-corrected chi connectivity index (χ2v) is 5.85. The highest BCUT2D eigenvalue weighted by Crippen LogP contribution is 2.11. The number of aryl methyl sites for hydroxylation is 1. The summed E-state index contributed by atoms with van der Waals surface area (Å²) in [5.74, 6) is 2.59. The van der Waals surface area contributed by atoms with Crippen molar-refractivity contribution in [1.82, 2.24) is 19.8 Å². The summed E-state index contributed by atoms with van der Waals surface area (Å²) in [6, 6.07) is 1.98. The summed E-state index contributed by atoms with van der Waals surface area (Å²) in [6.07, 6.45) is 2.20. The van der Waals surface area contributed by atoms with Gasteiger partial charge in [-0.2, -0.15) is 0 Å². The largest absolute Gasteiger partial charge is 0.370 e. The average Bonchev–Trinajstić information content (AvgIpc) is 2.39. The van der Waals surface area contributed by atoms with E-state index in [0.29, 0.717) is 0 Å². The van der Waals surface area contributed by atoms with Crippen LogP contribution in [0.25, 0.3) is 0 Å². The third-order valence-electron chi connectivity index (χ3n) is 3.01. The zero-order valence-electron chi connectivity index (χ0n) is 14.1. The average molecular weight is 294 g/mol. The Hall–Kier alpha value is -1.40. The van der Waals surface area contributed by atoms with E-state index in [1.807, 2.05) is 13.0 Å². The Bertz CT molecular complexity index is 371. The Morgan fingerprint density at radius 3 is 1.67 bits per heavy atom. The van der Waals surface area contributed by atoms with Crippen molar-refractivity contribution in [1.29, 1.82) is 0 Å². The number of nitrogens with one attached hydrogen (secondary N) is 2. The molecule has 0 saturated heterocycles. The van der Waals surface area contributed by atoms with Crippen LogP contribution in [0.3, 0.4) is 0 Å². The molecule has 1 heterocycles. The zero-order valence-corrected chi connectivity index (χ0v) is 14.1. The minimum atomic E-state index is 0.794. The van der Waals surface area contributed by atoms with Crippen molar-refractivity contribution in [3.05, 3.63) is 11.9 Å². The molecule has 0 unspecified atom stereocenters. The predicted molar refractivity (Wildman–Crippen MR) is 90.1 cm³/mol. The van der Waals surface area contributed by atoms with Gasteiger partial charge in [0.25, 0.3) is 0 Å². The molecule has 0 aliphatic heterocycles. The summed E-state index contributed by atoms with van der Waals surface area (Å²) < 4.78 is 0. The molecule has 2 N–H and O–H groups in total. The molecule has 0 radical (unpaired) electrons. The topological polar surface area (TPSA) is 56.3 Å². The summed E-state index contributed by atoms with van der Waals surface area (Å²) in [6.45, 7) is 5.93. The minimum absolute atomic E-state index is 0.794. The number of rotatable bonds is 10. The van der Waals surface area contributed by atoms with Crippen molar-refractivity contribution in [2.45, 2.75) is 19.8 Å². The minimum Gasteiger partial charge on any atom is -0.370 e. The highest BCUT2D eigenvalue weighted by molar-refractivity contribution is 5.47. The molecular formula is C15H30N6. The fourth-order valence-corrected chi connectivity index (χ4v) is 1.97. The number of hydrogen-bond donors (Lipinski definition) is 2. The molecule has 0 atom stereocenters. The first kappa shape index (κ1) is 17.7. The van der Waals surface area contributed by atoms with Crippen LogP contribution in [0, 0.1) is 6.92 Å². The summed E-state index contributed by atoms with van der Waals surface area (Å²) >= 11 is 0. The van der Waals surface area contributed by atoms with Crippen LogP contribution in [-0.4, -0.2) is 74.1 Å². The standard InChI is InChI=1S/C15H30N6/c1-13-18-14(16-8-6-10-20(2)3)12-15(19-13)17-9-7-11-21(4)5/h12H,6-11H2,1-5H3,(H2,16,17,18,19). The van der Waals surface area contributed by atoms with Crippen LogP contribution in [0.1, 0.15) is 18.7 Å². The number of anilines is 2. The Morgan fingerprint density at radius 2 is 1.29 bits per heavy atom. The van der Waals surface area contributed by atoms with Crippen molar-refractivity contribution < 1.29 is 0 Å². The Morgan fingerprint density at radius 1 is 0.857 bits per heavy atom. The lowest BCUT2D eigenvalue weighted by Gasteiger charge is -2.13. The molecule has 0 aliphatic rings. The quantitative estimate of drug-likeness (QED) is 0.638. The number of nitrogens with zero attached hydrogens (tertiary/aromatic N) is 4. The van der Waals surface area contributed by atoms with Crippen molar-refractivity contribution in [3.8, 4) is 0 Å².